The van der Waals surface area contributed by atoms with Crippen molar-refractivity contribution in [1.82, 2.24) is 3.80 Å². The molecule has 1 N–H and O–H groups in total. The molecular weight excluding hydrogens is 373 g/mol. The van der Waals surface area contributed by atoms with E-state index >= 15 is 0 Å². The van der Waals surface area contributed by atoms with Gasteiger partial charge >= 0.3 is 146 Å². The van der Waals surface area contributed by atoms with Crippen molar-refractivity contribution in [2.45, 2.75) is 57.6 Å². The van der Waals surface area contributed by atoms with E-state index in [1.807, 2.05) is 0 Å². The quantitative estimate of drug-likeness (QED) is 0.417. The van der Waals surface area contributed by atoms with Crippen LogP contribution in [0.2, 0.25) is 0 Å². The number of benzene rings is 1. The monoisotopic (exact) mass is 403 g/mol. The normalized spacial score (nSPS) is 14.0. The summed E-state index contributed by atoms with van der Waals surface area (Å²) in [5.74, 6) is 0. The fourth-order valence-corrected chi connectivity index (χ4v) is 4.85. The van der Waals surface area contributed by atoms with Gasteiger partial charge in [0.1, 0.15) is 0 Å². The molecule has 0 fully saturated rings. The molecule has 0 aliphatic heterocycles. The van der Waals surface area contributed by atoms with E-state index in [4.69, 9.17) is 0 Å². The molecule has 0 aromatic heterocycles. The van der Waals surface area contributed by atoms with Gasteiger partial charge in [0.05, 0.1) is 0 Å². The van der Waals surface area contributed by atoms with Crippen molar-refractivity contribution in [2.24, 2.45) is 0 Å². The molecule has 0 bridgehead atoms. The minimum absolute atomic E-state index is 0. The third-order valence-electron chi connectivity index (χ3n) is 4.38. The molecule has 1 aliphatic rings. The number of halogens is 2. The summed E-state index contributed by atoms with van der Waals surface area (Å²) < 4.78 is 4.03. The number of hydrogen-bond acceptors (Lipinski definition) is 1. The molecule has 0 amide bonds. The first-order valence-electron chi connectivity index (χ1n) is 8.42. The second-order valence-electron chi connectivity index (χ2n) is 6.90. The van der Waals surface area contributed by atoms with Gasteiger partial charge in [0.25, 0.3) is 0 Å². The summed E-state index contributed by atoms with van der Waals surface area (Å²) in [6.07, 6.45) is 6.01. The van der Waals surface area contributed by atoms with Crippen molar-refractivity contribution in [2.75, 3.05) is 6.54 Å². The number of rotatable bonds is 7. The van der Waals surface area contributed by atoms with Crippen LogP contribution in [0.25, 0.3) is 5.57 Å². The van der Waals surface area contributed by atoms with Crippen LogP contribution < -0.4 is 3.80 Å². The van der Waals surface area contributed by atoms with Gasteiger partial charge < -0.3 is 0 Å². The van der Waals surface area contributed by atoms with Gasteiger partial charge in [-0.2, -0.15) is 0 Å². The van der Waals surface area contributed by atoms with Gasteiger partial charge in [0.2, 0.25) is 0 Å². The van der Waals surface area contributed by atoms with Crippen molar-refractivity contribution in [3.8, 4) is 0 Å². The summed E-state index contributed by atoms with van der Waals surface area (Å²) in [5, 5.41) is 0. The van der Waals surface area contributed by atoms with E-state index in [-0.39, 0.29) is 47.9 Å². The van der Waals surface area contributed by atoms with E-state index in [9.17, 15) is 0 Å². The van der Waals surface area contributed by atoms with Crippen LogP contribution in [0.4, 0.5) is 0 Å². The molecule has 1 nitrogen and oxygen atoms in total. The summed E-state index contributed by atoms with van der Waals surface area (Å²) in [6, 6.07) is 9.05. The molecule has 24 heavy (non-hydrogen) atoms. The molecule has 0 atom stereocenters. The SMILES string of the molecule is CCCC[NH][Ti][C](C)(C)c1ccccc1C1=C(C)C=C(C)C1.Cl.Cl. The zero-order valence-corrected chi connectivity index (χ0v) is 18.7. The summed E-state index contributed by atoms with van der Waals surface area (Å²) in [4.78, 5) is 0. The van der Waals surface area contributed by atoms with Crippen molar-refractivity contribution < 1.29 is 19.4 Å². The van der Waals surface area contributed by atoms with Crippen LogP contribution in [0.1, 0.15) is 65.0 Å². The molecule has 0 radical (unpaired) electrons. The Labute approximate surface area is 169 Å². The molecule has 0 spiro atoms. The zero-order chi connectivity index (χ0) is 16.2. The zero-order valence-electron chi connectivity index (χ0n) is 15.5. The van der Waals surface area contributed by atoms with Crippen molar-refractivity contribution in [1.29, 1.82) is 0 Å². The number of hydrogen-bond donors (Lipinski definition) is 1. The average Bonchev–Trinajstić information content (AvgIpc) is 2.82. The summed E-state index contributed by atoms with van der Waals surface area (Å²) in [7, 11) is 0. The van der Waals surface area contributed by atoms with Crippen molar-refractivity contribution >= 4 is 30.4 Å². The Morgan fingerprint density at radius 2 is 1.79 bits per heavy atom. The molecule has 0 unspecified atom stereocenters. The number of unbranched alkanes of at least 4 members (excludes halogenated alkanes) is 1. The first-order valence-corrected chi connectivity index (χ1v) is 9.98. The molecule has 2 rings (SSSR count). The summed E-state index contributed by atoms with van der Waals surface area (Å²) >= 11 is -0.209. The third-order valence-corrected chi connectivity index (χ3v) is 6.44. The van der Waals surface area contributed by atoms with Gasteiger partial charge in [-0.1, -0.05) is 0 Å². The van der Waals surface area contributed by atoms with E-state index in [1.165, 1.54) is 47.2 Å². The molecule has 1 aromatic rings. The fraction of sp³-hybridized carbons (Fsp3) is 0.500. The molecule has 0 saturated carbocycles. The third kappa shape index (κ3) is 6.04. The van der Waals surface area contributed by atoms with Gasteiger partial charge in [-0.3, -0.25) is 0 Å². The van der Waals surface area contributed by atoms with Crippen LogP contribution in [0.3, 0.4) is 0 Å². The number of nitrogens with one attached hydrogen (secondary N) is 1. The minimum Gasteiger partial charge on any atom is -0.147 e. The van der Waals surface area contributed by atoms with E-state index in [2.05, 4.69) is 68.8 Å². The molecule has 1 aromatic carbocycles. The van der Waals surface area contributed by atoms with Crippen molar-refractivity contribution in [3.05, 3.63) is 52.6 Å². The Morgan fingerprint density at radius 3 is 2.38 bits per heavy atom. The summed E-state index contributed by atoms with van der Waals surface area (Å²) in [6.45, 7) is 12.7. The Hall–Kier alpha value is -0.0457. The van der Waals surface area contributed by atoms with Crippen LogP contribution in [-0.4, -0.2) is 6.54 Å². The predicted octanol–water partition coefficient (Wildman–Crippen LogP) is 6.28. The van der Waals surface area contributed by atoms with Gasteiger partial charge in [-0.25, -0.2) is 0 Å². The summed E-state index contributed by atoms with van der Waals surface area (Å²) in [5.41, 5.74) is 7.45. The van der Waals surface area contributed by atoms with Crippen LogP contribution in [0.15, 0.2) is 41.5 Å². The van der Waals surface area contributed by atoms with E-state index in [0.717, 1.165) is 6.42 Å². The van der Waals surface area contributed by atoms with E-state index < -0.39 is 0 Å². The average molecular weight is 404 g/mol. The van der Waals surface area contributed by atoms with Crippen LogP contribution >= 0.6 is 24.8 Å². The fourth-order valence-electron chi connectivity index (χ4n) is 3.14. The second kappa shape index (κ2) is 10.8. The van der Waals surface area contributed by atoms with Crippen LogP contribution in [0.5, 0.6) is 0 Å². The molecule has 4 heteroatoms. The van der Waals surface area contributed by atoms with Gasteiger partial charge in [-0.05, 0) is 0 Å². The van der Waals surface area contributed by atoms with E-state index in [1.54, 1.807) is 0 Å². The van der Waals surface area contributed by atoms with E-state index in [0.29, 0.717) is 0 Å². The molecule has 0 saturated heterocycles. The Kier molecular flexibility index (Phi) is 10.8. The Balaban J connectivity index is 0.00000264. The van der Waals surface area contributed by atoms with Gasteiger partial charge in [0, 0.05) is 0 Å². The molecular formula is C20H31Cl2NTi. The van der Waals surface area contributed by atoms with Gasteiger partial charge in [0.15, 0.2) is 0 Å². The molecule has 134 valence electrons. The standard InChI is InChI=1S/C16H19.C4H10N.2ClH.Ti/c1-11(2)14-7-5-6-8-15(14)16-10-12(3)9-13(16)4;1-2-3-4-5;;;/h5-9H,10H2,1-4H3;5H,2-4H2,1H3;2*1H;/q;-1;;;+1. The Morgan fingerprint density at radius 1 is 1.12 bits per heavy atom. The first kappa shape index (κ1) is 24.0. The largest absolute Gasteiger partial charge is 0.147 e. The Bertz CT molecular complexity index is 591. The predicted molar refractivity (Wildman–Crippen MR) is 108 cm³/mol. The van der Waals surface area contributed by atoms with Gasteiger partial charge in [-0.15, -0.1) is 24.8 Å². The van der Waals surface area contributed by atoms with Crippen molar-refractivity contribution in [3.63, 3.8) is 0 Å². The smallest absolute Gasteiger partial charge is 0.147 e. The topological polar surface area (TPSA) is 12.0 Å². The second-order valence-corrected chi connectivity index (χ2v) is 9.80. The van der Waals surface area contributed by atoms with Crippen LogP contribution in [-0.2, 0) is 23.1 Å². The minimum atomic E-state index is -0.209. The molecule has 0 heterocycles. The first-order chi connectivity index (χ1) is 10.5. The number of allylic oxidation sites excluding steroid dienone is 4. The maximum atomic E-state index is 3.76. The maximum Gasteiger partial charge on any atom is -0.147 e. The van der Waals surface area contributed by atoms with Crippen LogP contribution in [0, 0.1) is 0 Å². The maximum absolute atomic E-state index is 3.76. The molecule has 1 aliphatic carbocycles.